The van der Waals surface area contributed by atoms with Crippen LogP contribution in [0, 0.1) is 0 Å². The van der Waals surface area contributed by atoms with Crippen LogP contribution in [0.5, 0.6) is 5.75 Å². The van der Waals surface area contributed by atoms with Crippen molar-refractivity contribution in [3.63, 3.8) is 0 Å². The number of nitrogens with zero attached hydrogens (tertiary/aromatic N) is 1. The minimum absolute atomic E-state index is 0.0732. The number of carboxylic acids is 1. The number of aromatic carboxylic acids is 1. The number of rotatable bonds is 4. The monoisotopic (exact) mass is 276 g/mol. The third kappa shape index (κ3) is 2.44. The fraction of sp³-hybridized carbons (Fsp3) is 0.231. The SMILES string of the molecule is O=C(O)c1cc(-c2ccccc2OC2CSC2)n[nH]1. The number of aromatic amines is 1. The lowest BCUT2D eigenvalue weighted by molar-refractivity contribution is 0.0690. The maximum atomic E-state index is 10.9. The largest absolute Gasteiger partial charge is 0.488 e. The van der Waals surface area contributed by atoms with Crippen molar-refractivity contribution in [2.24, 2.45) is 0 Å². The Kier molecular flexibility index (Phi) is 3.16. The lowest BCUT2D eigenvalue weighted by atomic mass is 10.1. The molecule has 5 nitrogen and oxygen atoms in total. The van der Waals surface area contributed by atoms with Gasteiger partial charge in [-0.15, -0.1) is 0 Å². The highest BCUT2D eigenvalue weighted by molar-refractivity contribution is 8.00. The van der Waals surface area contributed by atoms with Crippen LogP contribution in [0.15, 0.2) is 30.3 Å². The molecule has 1 aromatic heterocycles. The van der Waals surface area contributed by atoms with Crippen molar-refractivity contribution < 1.29 is 14.6 Å². The first-order chi connectivity index (χ1) is 9.24. The van der Waals surface area contributed by atoms with Crippen LogP contribution in [0.4, 0.5) is 0 Å². The first-order valence-corrected chi connectivity index (χ1v) is 7.02. The summed E-state index contributed by atoms with van der Waals surface area (Å²) in [4.78, 5) is 10.9. The van der Waals surface area contributed by atoms with E-state index < -0.39 is 5.97 Å². The van der Waals surface area contributed by atoms with Crippen LogP contribution in [-0.4, -0.2) is 38.9 Å². The highest BCUT2D eigenvalue weighted by Gasteiger charge is 2.22. The smallest absolute Gasteiger partial charge is 0.353 e. The van der Waals surface area contributed by atoms with Gasteiger partial charge < -0.3 is 9.84 Å². The molecular formula is C13H12N2O3S. The molecule has 3 rings (SSSR count). The minimum Gasteiger partial charge on any atom is -0.488 e. The Morgan fingerprint density at radius 2 is 2.21 bits per heavy atom. The van der Waals surface area contributed by atoms with Gasteiger partial charge in [0.15, 0.2) is 0 Å². The van der Waals surface area contributed by atoms with E-state index in [4.69, 9.17) is 9.84 Å². The number of hydrogen-bond donors (Lipinski definition) is 2. The molecule has 2 N–H and O–H groups in total. The molecule has 1 aliphatic heterocycles. The fourth-order valence-corrected chi connectivity index (χ4v) is 2.38. The Hall–Kier alpha value is -1.95. The Morgan fingerprint density at radius 1 is 1.42 bits per heavy atom. The third-order valence-electron chi connectivity index (χ3n) is 2.87. The van der Waals surface area contributed by atoms with Gasteiger partial charge in [0.1, 0.15) is 17.5 Å². The molecule has 1 aromatic carbocycles. The molecule has 0 radical (unpaired) electrons. The first kappa shape index (κ1) is 12.1. The van der Waals surface area contributed by atoms with Crippen LogP contribution in [-0.2, 0) is 0 Å². The number of para-hydroxylation sites is 1. The van der Waals surface area contributed by atoms with Gasteiger partial charge in [0.05, 0.1) is 5.69 Å². The van der Waals surface area contributed by atoms with Crippen LogP contribution in [0.1, 0.15) is 10.5 Å². The van der Waals surface area contributed by atoms with Crippen LogP contribution >= 0.6 is 11.8 Å². The zero-order chi connectivity index (χ0) is 13.2. The Balaban J connectivity index is 1.91. The molecule has 1 fully saturated rings. The number of benzene rings is 1. The van der Waals surface area contributed by atoms with E-state index in [0.29, 0.717) is 5.69 Å². The molecule has 6 heteroatoms. The molecule has 0 atom stereocenters. The maximum Gasteiger partial charge on any atom is 0.353 e. The van der Waals surface area contributed by atoms with Crippen LogP contribution in [0.2, 0.25) is 0 Å². The van der Waals surface area contributed by atoms with E-state index in [2.05, 4.69) is 10.2 Å². The van der Waals surface area contributed by atoms with Gasteiger partial charge in [-0.05, 0) is 18.2 Å². The zero-order valence-electron chi connectivity index (χ0n) is 10.00. The maximum absolute atomic E-state index is 10.9. The van der Waals surface area contributed by atoms with Gasteiger partial charge in [0.2, 0.25) is 0 Å². The summed E-state index contributed by atoms with van der Waals surface area (Å²) in [5, 5.41) is 15.4. The van der Waals surface area contributed by atoms with E-state index in [0.717, 1.165) is 22.8 Å². The van der Waals surface area contributed by atoms with E-state index in [9.17, 15) is 4.79 Å². The fourth-order valence-electron chi connectivity index (χ4n) is 1.81. The Bertz CT molecular complexity index is 607. The summed E-state index contributed by atoms with van der Waals surface area (Å²) in [5.41, 5.74) is 1.46. The molecule has 0 amide bonds. The van der Waals surface area contributed by atoms with Crippen molar-refractivity contribution in [2.45, 2.75) is 6.10 Å². The third-order valence-corrected chi connectivity index (χ3v) is 4.09. The summed E-state index contributed by atoms with van der Waals surface area (Å²) in [6.07, 6.45) is 0.240. The molecule has 0 bridgehead atoms. The number of hydrogen-bond acceptors (Lipinski definition) is 4. The second-order valence-electron chi connectivity index (χ2n) is 4.25. The van der Waals surface area contributed by atoms with Gasteiger partial charge in [-0.3, -0.25) is 5.10 Å². The summed E-state index contributed by atoms with van der Waals surface area (Å²) in [6, 6.07) is 9.05. The summed E-state index contributed by atoms with van der Waals surface area (Å²) < 4.78 is 5.88. The molecule has 0 unspecified atom stereocenters. The van der Waals surface area contributed by atoms with Crippen molar-refractivity contribution in [3.8, 4) is 17.0 Å². The van der Waals surface area contributed by atoms with Crippen LogP contribution < -0.4 is 4.74 Å². The Labute approximate surface area is 114 Å². The van der Waals surface area contributed by atoms with Gasteiger partial charge >= 0.3 is 5.97 Å². The number of carboxylic acid groups (broad SMARTS) is 1. The van der Waals surface area contributed by atoms with Crippen LogP contribution in [0.25, 0.3) is 11.3 Å². The number of aromatic nitrogens is 2. The van der Waals surface area contributed by atoms with E-state index >= 15 is 0 Å². The molecule has 0 spiro atoms. The van der Waals surface area contributed by atoms with Crippen molar-refractivity contribution in [2.75, 3.05) is 11.5 Å². The standard InChI is InChI=1S/C13H12N2O3S/c16-13(17)11-5-10(14-15-11)9-3-1-2-4-12(9)18-8-6-19-7-8/h1-5,8H,6-7H2,(H,14,15)(H,16,17). The number of nitrogens with one attached hydrogen (secondary N) is 1. The van der Waals surface area contributed by atoms with Crippen LogP contribution in [0.3, 0.4) is 0 Å². The number of thioether (sulfide) groups is 1. The van der Waals surface area contributed by atoms with E-state index in [1.165, 1.54) is 6.07 Å². The van der Waals surface area contributed by atoms with E-state index in [-0.39, 0.29) is 11.8 Å². The molecule has 2 aromatic rings. The quantitative estimate of drug-likeness (QED) is 0.896. The average molecular weight is 276 g/mol. The lowest BCUT2D eigenvalue weighted by Crippen LogP contribution is -2.31. The summed E-state index contributed by atoms with van der Waals surface area (Å²) in [5.74, 6) is 1.72. The van der Waals surface area contributed by atoms with Gasteiger partial charge in [0, 0.05) is 17.1 Å². The van der Waals surface area contributed by atoms with Gasteiger partial charge in [-0.25, -0.2) is 4.79 Å². The molecule has 0 aliphatic carbocycles. The molecule has 2 heterocycles. The molecule has 1 aliphatic rings. The second-order valence-corrected chi connectivity index (χ2v) is 5.32. The molecule has 19 heavy (non-hydrogen) atoms. The first-order valence-electron chi connectivity index (χ1n) is 5.86. The second kappa shape index (κ2) is 4.97. The van der Waals surface area contributed by atoms with Crippen molar-refractivity contribution in [1.82, 2.24) is 10.2 Å². The number of carbonyl (C=O) groups is 1. The predicted molar refractivity (Wildman–Crippen MR) is 72.7 cm³/mol. The van der Waals surface area contributed by atoms with E-state index in [1.807, 2.05) is 36.0 Å². The summed E-state index contributed by atoms with van der Waals surface area (Å²) in [6.45, 7) is 0. The number of H-pyrrole nitrogens is 1. The van der Waals surface area contributed by atoms with Crippen molar-refractivity contribution in [1.29, 1.82) is 0 Å². The van der Waals surface area contributed by atoms with Crippen molar-refractivity contribution >= 4 is 17.7 Å². The molecular weight excluding hydrogens is 264 g/mol. The zero-order valence-corrected chi connectivity index (χ0v) is 10.8. The lowest BCUT2D eigenvalue weighted by Gasteiger charge is -2.26. The highest BCUT2D eigenvalue weighted by Crippen LogP contribution is 2.32. The molecule has 98 valence electrons. The van der Waals surface area contributed by atoms with Gasteiger partial charge in [-0.1, -0.05) is 12.1 Å². The Morgan fingerprint density at radius 3 is 2.84 bits per heavy atom. The van der Waals surface area contributed by atoms with Crippen molar-refractivity contribution in [3.05, 3.63) is 36.0 Å². The van der Waals surface area contributed by atoms with Gasteiger partial charge in [-0.2, -0.15) is 16.9 Å². The number of ether oxygens (including phenoxy) is 1. The summed E-state index contributed by atoms with van der Waals surface area (Å²) in [7, 11) is 0. The highest BCUT2D eigenvalue weighted by atomic mass is 32.2. The van der Waals surface area contributed by atoms with E-state index in [1.54, 1.807) is 0 Å². The molecule has 1 saturated heterocycles. The van der Waals surface area contributed by atoms with Gasteiger partial charge in [0.25, 0.3) is 0 Å². The topological polar surface area (TPSA) is 75.2 Å². The summed E-state index contributed by atoms with van der Waals surface area (Å²) >= 11 is 1.85. The minimum atomic E-state index is -1.02. The average Bonchev–Trinajstić information content (AvgIpc) is 2.84. The molecule has 0 saturated carbocycles. The predicted octanol–water partition coefficient (Wildman–Crippen LogP) is 2.27. The normalized spacial score (nSPS) is 14.9.